The van der Waals surface area contributed by atoms with Crippen molar-refractivity contribution in [3.63, 3.8) is 0 Å². The van der Waals surface area contributed by atoms with Gasteiger partial charge < -0.3 is 19.1 Å². The van der Waals surface area contributed by atoms with E-state index in [4.69, 9.17) is 25.8 Å². The number of hydrogen-bond acceptors (Lipinski definition) is 8. The molecule has 6 atom stereocenters. The van der Waals surface area contributed by atoms with Gasteiger partial charge >= 0.3 is 6.16 Å². The van der Waals surface area contributed by atoms with Gasteiger partial charge in [0.25, 0.3) is 5.91 Å². The fourth-order valence-electron chi connectivity index (χ4n) is 8.46. The molecule has 1 N–H and O–H groups in total. The van der Waals surface area contributed by atoms with Crippen LogP contribution in [0.1, 0.15) is 80.3 Å². The Kier molecular flexibility index (Phi) is 7.75. The number of nitrogens with zero attached hydrogens (tertiary/aromatic N) is 1. The van der Waals surface area contributed by atoms with Crippen LogP contribution in [-0.2, 0) is 31.3 Å². The van der Waals surface area contributed by atoms with Crippen LogP contribution in [0.25, 0.3) is 0 Å². The van der Waals surface area contributed by atoms with E-state index < -0.39 is 32.9 Å². The summed E-state index contributed by atoms with van der Waals surface area (Å²) in [6.45, 7) is 5.57. The third kappa shape index (κ3) is 5.45. The fraction of sp³-hybridized carbons (Fsp3) is 0.588. The monoisotopic (exact) mass is 656 g/mol. The molecule has 0 unspecified atom stereocenters. The first kappa shape index (κ1) is 30.7. The molecule has 2 bridgehead atoms. The maximum Gasteiger partial charge on any atom is 0.509 e. The van der Waals surface area contributed by atoms with E-state index in [1.54, 1.807) is 25.1 Å². The molecule has 45 heavy (non-hydrogen) atoms. The van der Waals surface area contributed by atoms with Crippen molar-refractivity contribution in [1.29, 1.82) is 0 Å². The molecule has 1 amide bonds. The summed E-state index contributed by atoms with van der Waals surface area (Å²) in [6.07, 6.45) is 6.08. The number of amides is 1. The van der Waals surface area contributed by atoms with Gasteiger partial charge in [0.1, 0.15) is 12.4 Å². The lowest BCUT2D eigenvalue weighted by atomic mass is 9.63. The molecular formula is C34H41ClN2O7S. The lowest BCUT2D eigenvalue weighted by Gasteiger charge is -2.49. The molecule has 5 aliphatic rings. The van der Waals surface area contributed by atoms with Crippen LogP contribution < -0.4 is 14.4 Å². The highest BCUT2D eigenvalue weighted by molar-refractivity contribution is 7.90. The van der Waals surface area contributed by atoms with Gasteiger partial charge in [-0.15, -0.1) is 0 Å². The number of cyclic esters (lactones) is 1. The number of nitrogens with one attached hydrogen (secondary N) is 1. The fourth-order valence-corrected chi connectivity index (χ4v) is 9.97. The van der Waals surface area contributed by atoms with E-state index in [1.165, 1.54) is 11.1 Å². The number of rotatable bonds is 0. The van der Waals surface area contributed by atoms with Crippen LogP contribution in [0.2, 0.25) is 5.02 Å². The molecule has 11 heteroatoms. The third-order valence-electron chi connectivity index (χ3n) is 11.4. The molecule has 2 spiro atoms. The van der Waals surface area contributed by atoms with Crippen LogP contribution in [0.15, 0.2) is 36.4 Å². The van der Waals surface area contributed by atoms with E-state index in [0.717, 1.165) is 42.8 Å². The number of aryl methyl sites for hydroxylation is 1. The van der Waals surface area contributed by atoms with Crippen LogP contribution >= 0.6 is 11.6 Å². The first-order chi connectivity index (χ1) is 21.5. The van der Waals surface area contributed by atoms with E-state index >= 15 is 0 Å². The molecule has 2 aromatic rings. The minimum absolute atomic E-state index is 0.112. The predicted molar refractivity (Wildman–Crippen MR) is 170 cm³/mol. The molecule has 2 fully saturated rings. The topological polar surface area (TPSA) is 111 Å². The molecule has 9 nitrogen and oxygen atoms in total. The SMILES string of the molecule is C[C@@H]1[C@@H](C)CCC[C@@]2(COC(=O)O2)[C@@H]2CC[C@H]2CN2C[C@@]3(CCCc4cc(Cl)ccc43)COc3ccc(cc32)C(=O)NS1(=O)=O. The molecule has 1 saturated heterocycles. The summed E-state index contributed by atoms with van der Waals surface area (Å²) in [5.74, 6) is 0.155. The molecule has 0 aromatic heterocycles. The van der Waals surface area contributed by atoms with E-state index in [2.05, 4.69) is 21.8 Å². The summed E-state index contributed by atoms with van der Waals surface area (Å²) in [5, 5.41) is -0.0663. The van der Waals surface area contributed by atoms with Gasteiger partial charge in [-0.25, -0.2) is 17.9 Å². The van der Waals surface area contributed by atoms with E-state index in [1.807, 2.05) is 13.0 Å². The van der Waals surface area contributed by atoms with Gasteiger partial charge in [0.2, 0.25) is 10.0 Å². The number of hydrogen-bond donors (Lipinski definition) is 1. The second-order valence-corrected chi connectivity index (χ2v) is 16.5. The molecule has 0 radical (unpaired) electrons. The van der Waals surface area contributed by atoms with Gasteiger partial charge in [-0.3, -0.25) is 4.79 Å². The van der Waals surface area contributed by atoms with Gasteiger partial charge in [0.05, 0.1) is 17.5 Å². The number of carbonyl (C=O) groups excluding carboxylic acids is 2. The van der Waals surface area contributed by atoms with Crippen LogP contribution in [0.3, 0.4) is 0 Å². The molecule has 7 rings (SSSR count). The summed E-state index contributed by atoms with van der Waals surface area (Å²) >= 11 is 6.42. The second kappa shape index (κ2) is 11.4. The Hall–Kier alpha value is -2.98. The highest BCUT2D eigenvalue weighted by Crippen LogP contribution is 2.51. The number of fused-ring (bicyclic) bond motifs is 5. The van der Waals surface area contributed by atoms with E-state index in [-0.39, 0.29) is 35.3 Å². The van der Waals surface area contributed by atoms with E-state index in [9.17, 15) is 18.0 Å². The van der Waals surface area contributed by atoms with Crippen molar-refractivity contribution in [2.45, 2.75) is 81.5 Å². The summed E-state index contributed by atoms with van der Waals surface area (Å²) < 4.78 is 47.0. The maximum absolute atomic E-state index is 13.4. The maximum atomic E-state index is 13.4. The number of ether oxygens (including phenoxy) is 3. The zero-order chi connectivity index (χ0) is 31.6. The Morgan fingerprint density at radius 2 is 1.82 bits per heavy atom. The summed E-state index contributed by atoms with van der Waals surface area (Å²) in [6, 6.07) is 11.3. The summed E-state index contributed by atoms with van der Waals surface area (Å²) in [7, 11) is -3.95. The van der Waals surface area contributed by atoms with Gasteiger partial charge in [-0.05, 0) is 112 Å². The Morgan fingerprint density at radius 3 is 2.58 bits per heavy atom. The number of halogens is 1. The lowest BCUT2D eigenvalue weighted by molar-refractivity contribution is -0.0664. The molecule has 3 heterocycles. The number of anilines is 1. The minimum Gasteiger partial charge on any atom is -0.490 e. The number of sulfonamides is 1. The quantitative estimate of drug-likeness (QED) is 0.343. The average molecular weight is 657 g/mol. The summed E-state index contributed by atoms with van der Waals surface area (Å²) in [5.41, 5.74) is 2.49. The van der Waals surface area contributed by atoms with Crippen molar-refractivity contribution in [3.8, 4) is 5.75 Å². The number of benzene rings is 2. The molecule has 2 aromatic carbocycles. The number of carbonyl (C=O) groups is 2. The highest BCUT2D eigenvalue weighted by atomic mass is 35.5. The van der Waals surface area contributed by atoms with Gasteiger partial charge in [0.15, 0.2) is 5.60 Å². The largest absolute Gasteiger partial charge is 0.509 e. The Morgan fingerprint density at radius 1 is 0.978 bits per heavy atom. The second-order valence-electron chi connectivity index (χ2n) is 14.0. The Balaban J connectivity index is 1.31. The van der Waals surface area contributed by atoms with Gasteiger partial charge in [0, 0.05) is 35.0 Å². The van der Waals surface area contributed by atoms with Crippen molar-refractivity contribution in [3.05, 3.63) is 58.1 Å². The zero-order valence-electron chi connectivity index (χ0n) is 25.8. The molecular weight excluding hydrogens is 616 g/mol. The van der Waals surface area contributed by atoms with Gasteiger partial charge in [-0.2, -0.15) is 0 Å². The van der Waals surface area contributed by atoms with Gasteiger partial charge in [-0.1, -0.05) is 24.6 Å². The standard InChI is InChI=1S/C34H41ClN2O7S/c1-21-5-3-14-34(20-43-32(39)44-34)28-10-7-25(28)17-37-18-33(13-4-6-23-15-26(35)9-11-27(23)33)19-42-30-12-8-24(16-29(30)37)31(38)36-45(40,41)22(21)2/h8-9,11-12,15-16,21-22,25,28H,3-7,10,13-14,17-20H2,1-2H3,(H,36,38)/t21-,22+,25-,28+,33-,34+/m0/s1. The van der Waals surface area contributed by atoms with Crippen LogP contribution in [0, 0.1) is 17.8 Å². The minimum atomic E-state index is -3.95. The first-order valence-electron chi connectivity index (χ1n) is 16.2. The van der Waals surface area contributed by atoms with Crippen LogP contribution in [0.5, 0.6) is 5.75 Å². The Labute approximate surface area is 270 Å². The average Bonchev–Trinajstić information content (AvgIpc) is 3.28. The third-order valence-corrected chi connectivity index (χ3v) is 13.5. The zero-order valence-corrected chi connectivity index (χ0v) is 27.4. The van der Waals surface area contributed by atoms with Crippen molar-refractivity contribution in [2.24, 2.45) is 17.8 Å². The smallest absolute Gasteiger partial charge is 0.490 e. The first-order valence-corrected chi connectivity index (χ1v) is 18.1. The van der Waals surface area contributed by atoms with Crippen molar-refractivity contribution < 1.29 is 32.2 Å². The molecule has 2 aliphatic carbocycles. The van der Waals surface area contributed by atoms with E-state index in [0.29, 0.717) is 44.7 Å². The highest BCUT2D eigenvalue weighted by Gasteiger charge is 2.55. The van der Waals surface area contributed by atoms with Crippen LogP contribution in [0.4, 0.5) is 10.5 Å². The molecule has 242 valence electrons. The summed E-state index contributed by atoms with van der Waals surface area (Å²) in [4.78, 5) is 28.1. The van der Waals surface area contributed by atoms with Crippen LogP contribution in [-0.4, -0.2) is 57.6 Å². The molecule has 1 saturated carbocycles. The van der Waals surface area contributed by atoms with Crippen molar-refractivity contribution >= 4 is 39.4 Å². The normalized spacial score (nSPS) is 34.3. The molecule has 3 aliphatic heterocycles. The Bertz CT molecular complexity index is 1630. The van der Waals surface area contributed by atoms with Crippen molar-refractivity contribution in [1.82, 2.24) is 4.72 Å². The predicted octanol–water partition coefficient (Wildman–Crippen LogP) is 6.01. The van der Waals surface area contributed by atoms with Crippen molar-refractivity contribution in [2.75, 3.05) is 31.2 Å². The lowest BCUT2D eigenvalue weighted by Crippen LogP contribution is -2.54.